The molecule has 1 aliphatic rings. The van der Waals surface area contributed by atoms with Crippen LogP contribution in [0.15, 0.2) is 29.2 Å². The summed E-state index contributed by atoms with van der Waals surface area (Å²) < 4.78 is 26.8. The van der Waals surface area contributed by atoms with Gasteiger partial charge < -0.3 is 0 Å². The van der Waals surface area contributed by atoms with Crippen LogP contribution in [-0.4, -0.2) is 21.6 Å². The van der Waals surface area contributed by atoms with E-state index in [1.54, 1.807) is 12.1 Å². The van der Waals surface area contributed by atoms with Gasteiger partial charge in [0.1, 0.15) is 16.8 Å². The van der Waals surface area contributed by atoms with Crippen LogP contribution < -0.4 is 0 Å². The molecule has 4 heteroatoms. The van der Waals surface area contributed by atoms with Gasteiger partial charge in [0.15, 0.2) is 0 Å². The molecule has 16 heavy (non-hydrogen) atoms. The van der Waals surface area contributed by atoms with Gasteiger partial charge in [-0.1, -0.05) is 6.92 Å². The Balaban J connectivity index is 2.05. The van der Waals surface area contributed by atoms with Crippen LogP contribution in [0.4, 0.5) is 4.39 Å². The molecule has 0 saturated carbocycles. The van der Waals surface area contributed by atoms with Crippen LogP contribution >= 0.6 is 0 Å². The molecule has 1 aromatic rings. The van der Waals surface area contributed by atoms with Crippen LogP contribution in [0.3, 0.4) is 0 Å². The molecule has 1 unspecified atom stereocenters. The number of nitrogens with zero attached hydrogens (tertiary/aromatic N) is 1. The van der Waals surface area contributed by atoms with Gasteiger partial charge in [0.25, 0.3) is 0 Å². The number of rotatable bonds is 2. The number of hydrogen-bond acceptors (Lipinski definition) is 1. The molecule has 2 nitrogen and oxygen atoms in total. The highest BCUT2D eigenvalue weighted by Gasteiger charge is 2.21. The van der Waals surface area contributed by atoms with E-state index in [0.717, 1.165) is 31.8 Å². The minimum Gasteiger partial charge on any atom is -0.237 e. The van der Waals surface area contributed by atoms with E-state index in [4.69, 9.17) is 0 Å². The van der Waals surface area contributed by atoms with Crippen molar-refractivity contribution >= 4 is 11.0 Å². The molecule has 0 N–H and O–H groups in total. The molecule has 88 valence electrons. The summed E-state index contributed by atoms with van der Waals surface area (Å²) in [5.74, 6) is 0.439. The van der Waals surface area contributed by atoms with Crippen LogP contribution in [-0.2, 0) is 11.0 Å². The van der Waals surface area contributed by atoms with Crippen LogP contribution in [0.25, 0.3) is 0 Å². The average molecular weight is 241 g/mol. The third kappa shape index (κ3) is 2.68. The van der Waals surface area contributed by atoms with Crippen molar-refractivity contribution in [1.82, 2.24) is 4.31 Å². The first kappa shape index (κ1) is 11.7. The van der Waals surface area contributed by atoms with Gasteiger partial charge in [-0.25, -0.2) is 12.9 Å². The maximum Gasteiger partial charge on any atom is 0.127 e. The van der Waals surface area contributed by atoms with Crippen LogP contribution in [0.5, 0.6) is 0 Å². The second kappa shape index (κ2) is 5.06. The normalized spacial score (nSPS) is 20.9. The second-order valence-electron chi connectivity index (χ2n) is 4.31. The van der Waals surface area contributed by atoms with Crippen molar-refractivity contribution in [3.05, 3.63) is 30.1 Å². The van der Waals surface area contributed by atoms with Crippen molar-refractivity contribution in [2.45, 2.75) is 24.7 Å². The summed E-state index contributed by atoms with van der Waals surface area (Å²) in [6.45, 7) is 3.95. The van der Waals surface area contributed by atoms with Gasteiger partial charge in [-0.3, -0.25) is 0 Å². The molecule has 2 rings (SSSR count). The van der Waals surface area contributed by atoms with E-state index < -0.39 is 11.0 Å². The first-order valence-electron chi connectivity index (χ1n) is 5.59. The lowest BCUT2D eigenvalue weighted by molar-refractivity contribution is 0.299. The number of hydrogen-bond donors (Lipinski definition) is 0. The average Bonchev–Trinajstić information content (AvgIpc) is 2.30. The topological polar surface area (TPSA) is 20.3 Å². The van der Waals surface area contributed by atoms with Crippen molar-refractivity contribution in [2.24, 2.45) is 5.92 Å². The lowest BCUT2D eigenvalue weighted by Crippen LogP contribution is -2.34. The van der Waals surface area contributed by atoms with Crippen molar-refractivity contribution < 1.29 is 8.60 Å². The zero-order valence-corrected chi connectivity index (χ0v) is 10.2. The molecular formula is C12H16FNOS. The second-order valence-corrected chi connectivity index (χ2v) is 5.80. The van der Waals surface area contributed by atoms with E-state index in [0.29, 0.717) is 4.90 Å². The van der Waals surface area contributed by atoms with E-state index in [2.05, 4.69) is 6.92 Å². The van der Waals surface area contributed by atoms with Gasteiger partial charge >= 0.3 is 0 Å². The molecule has 0 aliphatic carbocycles. The van der Waals surface area contributed by atoms with E-state index in [1.807, 2.05) is 4.31 Å². The fourth-order valence-corrected chi connectivity index (χ4v) is 3.06. The maximum absolute atomic E-state index is 12.7. The van der Waals surface area contributed by atoms with Crippen LogP contribution in [0.1, 0.15) is 19.8 Å². The predicted molar refractivity (Wildman–Crippen MR) is 62.8 cm³/mol. The van der Waals surface area contributed by atoms with Gasteiger partial charge in [-0.2, -0.15) is 0 Å². The van der Waals surface area contributed by atoms with Crippen LogP contribution in [0, 0.1) is 11.7 Å². The summed E-state index contributed by atoms with van der Waals surface area (Å²) >= 11 is 0. The van der Waals surface area contributed by atoms with E-state index in [1.165, 1.54) is 12.1 Å². The highest BCUT2D eigenvalue weighted by Crippen LogP contribution is 2.20. The molecule has 1 saturated heterocycles. The molecule has 1 atom stereocenters. The molecule has 1 aromatic carbocycles. The molecule has 1 aliphatic heterocycles. The largest absolute Gasteiger partial charge is 0.237 e. The maximum atomic E-state index is 12.7. The predicted octanol–water partition coefficient (Wildman–Crippen LogP) is 2.58. The summed E-state index contributed by atoms with van der Waals surface area (Å²) in [5, 5.41) is 0. The van der Waals surface area contributed by atoms with Crippen molar-refractivity contribution in [2.75, 3.05) is 13.1 Å². The Morgan fingerprint density at radius 2 is 1.81 bits per heavy atom. The number of halogens is 1. The third-order valence-electron chi connectivity index (χ3n) is 2.99. The summed E-state index contributed by atoms with van der Waals surface area (Å²) in [6.07, 6.45) is 2.18. The van der Waals surface area contributed by atoms with Crippen molar-refractivity contribution in [1.29, 1.82) is 0 Å². The summed E-state index contributed by atoms with van der Waals surface area (Å²) in [5.41, 5.74) is 0. The molecule has 1 fully saturated rings. The molecule has 0 bridgehead atoms. The van der Waals surface area contributed by atoms with E-state index in [9.17, 15) is 8.60 Å². The minimum absolute atomic E-state index is 0.284. The Bertz CT molecular complexity index is 371. The summed E-state index contributed by atoms with van der Waals surface area (Å²) in [7, 11) is -1.13. The lowest BCUT2D eigenvalue weighted by Gasteiger charge is -2.28. The standard InChI is InChI=1S/C12H16FNOS/c1-10-6-8-14(9-7-10)16(15)12-4-2-11(13)3-5-12/h2-5,10H,6-9H2,1H3. The smallest absolute Gasteiger partial charge is 0.127 e. The third-order valence-corrected chi connectivity index (χ3v) is 4.50. The van der Waals surface area contributed by atoms with Gasteiger partial charge in [0.2, 0.25) is 0 Å². The molecule has 0 amide bonds. The van der Waals surface area contributed by atoms with E-state index >= 15 is 0 Å². The summed E-state index contributed by atoms with van der Waals surface area (Å²) in [6, 6.07) is 5.92. The Morgan fingerprint density at radius 1 is 1.25 bits per heavy atom. The van der Waals surface area contributed by atoms with Crippen molar-refractivity contribution in [3.8, 4) is 0 Å². The first-order valence-corrected chi connectivity index (χ1v) is 6.70. The zero-order valence-electron chi connectivity index (χ0n) is 9.36. The van der Waals surface area contributed by atoms with Crippen molar-refractivity contribution in [3.63, 3.8) is 0 Å². The molecule has 0 aromatic heterocycles. The fourth-order valence-electron chi connectivity index (χ4n) is 1.85. The zero-order chi connectivity index (χ0) is 11.5. The monoisotopic (exact) mass is 241 g/mol. The Kier molecular flexibility index (Phi) is 3.71. The molecule has 0 spiro atoms. The first-order chi connectivity index (χ1) is 7.66. The fraction of sp³-hybridized carbons (Fsp3) is 0.500. The highest BCUT2D eigenvalue weighted by atomic mass is 32.2. The number of piperidine rings is 1. The van der Waals surface area contributed by atoms with Gasteiger partial charge in [0, 0.05) is 13.1 Å². The van der Waals surface area contributed by atoms with E-state index in [-0.39, 0.29) is 5.82 Å². The van der Waals surface area contributed by atoms with Gasteiger partial charge in [-0.15, -0.1) is 0 Å². The SMILES string of the molecule is CC1CCN(S(=O)c2ccc(F)cc2)CC1. The summed E-state index contributed by atoms with van der Waals surface area (Å²) in [4.78, 5) is 0.691. The highest BCUT2D eigenvalue weighted by molar-refractivity contribution is 7.82. The Labute approximate surface area is 98.1 Å². The van der Waals surface area contributed by atoms with Gasteiger partial charge in [-0.05, 0) is 43.0 Å². The molecule has 1 heterocycles. The molecule has 0 radical (unpaired) electrons. The quantitative estimate of drug-likeness (QED) is 0.779. The lowest BCUT2D eigenvalue weighted by atomic mass is 10.0. The van der Waals surface area contributed by atoms with Gasteiger partial charge in [0.05, 0.1) is 4.90 Å². The molecular weight excluding hydrogens is 225 g/mol. The number of benzene rings is 1. The van der Waals surface area contributed by atoms with Crippen LogP contribution in [0.2, 0.25) is 0 Å². The Morgan fingerprint density at radius 3 is 2.38 bits per heavy atom. The Hall–Kier alpha value is -0.740. The minimum atomic E-state index is -1.13.